The largest absolute Gasteiger partial charge is 0.356 e. The minimum Gasteiger partial charge on any atom is -0.356 e. The number of imidazole rings is 1. The predicted molar refractivity (Wildman–Crippen MR) is 110 cm³/mol. The molecule has 4 rings (SSSR count). The number of piperidine rings is 1. The fourth-order valence-electron chi connectivity index (χ4n) is 4.57. The average Bonchev–Trinajstić information content (AvgIpc) is 3.16. The molecule has 0 radical (unpaired) electrons. The van der Waals surface area contributed by atoms with Crippen LogP contribution in [0.15, 0.2) is 24.5 Å². The van der Waals surface area contributed by atoms with E-state index in [1.165, 1.54) is 61.4 Å². The molecule has 0 aromatic carbocycles. The van der Waals surface area contributed by atoms with Gasteiger partial charge in [0.25, 0.3) is 0 Å². The van der Waals surface area contributed by atoms with E-state index in [0.717, 1.165) is 32.6 Å². The van der Waals surface area contributed by atoms with Gasteiger partial charge in [-0.15, -0.1) is 0 Å². The summed E-state index contributed by atoms with van der Waals surface area (Å²) in [6.07, 6.45) is 12.7. The standard InChI is InChI=1S/C22H33N5/c1-25(2)13-6-15-26-16-12-23-22(26)19-8-5-14-27(17-19)21-11-10-18-7-3-4-9-20(18)24-21/h10-12,16,19H,3-9,13-15,17H2,1-2H3/t19-/m1/s1. The maximum atomic E-state index is 5.04. The molecular weight excluding hydrogens is 334 g/mol. The molecule has 1 fully saturated rings. The Bertz CT molecular complexity index is 751. The van der Waals surface area contributed by atoms with E-state index in [2.05, 4.69) is 46.8 Å². The number of nitrogens with zero attached hydrogens (tertiary/aromatic N) is 5. The summed E-state index contributed by atoms with van der Waals surface area (Å²) < 4.78 is 2.37. The molecule has 1 aliphatic carbocycles. The van der Waals surface area contributed by atoms with Gasteiger partial charge < -0.3 is 14.4 Å². The van der Waals surface area contributed by atoms with Gasteiger partial charge in [-0.3, -0.25) is 0 Å². The highest BCUT2D eigenvalue weighted by atomic mass is 15.2. The van der Waals surface area contributed by atoms with Gasteiger partial charge in [0, 0.05) is 43.6 Å². The van der Waals surface area contributed by atoms with E-state index in [4.69, 9.17) is 9.97 Å². The van der Waals surface area contributed by atoms with E-state index < -0.39 is 0 Å². The van der Waals surface area contributed by atoms with Crippen LogP contribution in [-0.2, 0) is 19.4 Å². The lowest BCUT2D eigenvalue weighted by Gasteiger charge is -2.34. The molecule has 0 spiro atoms. The third-order valence-electron chi connectivity index (χ3n) is 6.03. The monoisotopic (exact) mass is 367 g/mol. The van der Waals surface area contributed by atoms with Crippen LogP contribution in [0.4, 0.5) is 5.82 Å². The molecule has 2 aromatic heterocycles. The maximum Gasteiger partial charge on any atom is 0.128 e. The second-order valence-corrected chi connectivity index (χ2v) is 8.40. The Kier molecular flexibility index (Phi) is 5.77. The molecule has 5 heteroatoms. The Morgan fingerprint density at radius 1 is 1.15 bits per heavy atom. The summed E-state index contributed by atoms with van der Waals surface area (Å²) in [7, 11) is 4.28. The second-order valence-electron chi connectivity index (χ2n) is 8.40. The molecule has 0 saturated carbocycles. The van der Waals surface area contributed by atoms with Crippen molar-refractivity contribution in [2.24, 2.45) is 0 Å². The summed E-state index contributed by atoms with van der Waals surface area (Å²) in [5.41, 5.74) is 2.81. The Hall–Kier alpha value is -1.88. The van der Waals surface area contributed by atoms with Gasteiger partial charge >= 0.3 is 0 Å². The summed E-state index contributed by atoms with van der Waals surface area (Å²) in [6, 6.07) is 4.57. The van der Waals surface area contributed by atoms with Crippen molar-refractivity contribution in [2.75, 3.05) is 38.6 Å². The van der Waals surface area contributed by atoms with E-state index in [0.29, 0.717) is 5.92 Å². The number of aromatic nitrogens is 3. The second kappa shape index (κ2) is 8.42. The van der Waals surface area contributed by atoms with Gasteiger partial charge in [-0.25, -0.2) is 9.97 Å². The van der Waals surface area contributed by atoms with Crippen LogP contribution in [0.5, 0.6) is 0 Å². The zero-order valence-corrected chi connectivity index (χ0v) is 16.9. The molecule has 2 aliphatic rings. The van der Waals surface area contributed by atoms with Crippen LogP contribution >= 0.6 is 0 Å². The van der Waals surface area contributed by atoms with Gasteiger partial charge in [-0.05, 0) is 77.2 Å². The van der Waals surface area contributed by atoms with Crippen molar-refractivity contribution >= 4 is 5.82 Å². The molecule has 146 valence electrons. The fourth-order valence-corrected chi connectivity index (χ4v) is 4.57. The summed E-state index contributed by atoms with van der Waals surface area (Å²) in [4.78, 5) is 14.5. The van der Waals surface area contributed by atoms with Crippen LogP contribution in [0.2, 0.25) is 0 Å². The first-order valence-corrected chi connectivity index (χ1v) is 10.6. The third-order valence-corrected chi connectivity index (χ3v) is 6.03. The summed E-state index contributed by atoms with van der Waals surface area (Å²) in [6.45, 7) is 4.33. The first-order chi connectivity index (χ1) is 13.2. The quantitative estimate of drug-likeness (QED) is 0.783. The topological polar surface area (TPSA) is 37.2 Å². The number of hydrogen-bond acceptors (Lipinski definition) is 4. The first-order valence-electron chi connectivity index (χ1n) is 10.6. The highest BCUT2D eigenvalue weighted by Gasteiger charge is 2.26. The average molecular weight is 368 g/mol. The molecular formula is C22H33N5. The molecule has 27 heavy (non-hydrogen) atoms. The van der Waals surface area contributed by atoms with Crippen molar-refractivity contribution in [1.82, 2.24) is 19.4 Å². The number of fused-ring (bicyclic) bond motifs is 1. The van der Waals surface area contributed by atoms with Crippen LogP contribution in [0.1, 0.15) is 55.1 Å². The Labute approximate surface area is 163 Å². The van der Waals surface area contributed by atoms with Crippen molar-refractivity contribution in [2.45, 2.75) is 57.4 Å². The fraction of sp³-hybridized carbons (Fsp3) is 0.636. The van der Waals surface area contributed by atoms with Gasteiger partial charge in [0.15, 0.2) is 0 Å². The lowest BCUT2D eigenvalue weighted by Crippen LogP contribution is -2.36. The SMILES string of the molecule is CN(C)CCCn1ccnc1[C@@H]1CCCN(c2ccc3c(n2)CCCC3)C1. The van der Waals surface area contributed by atoms with Crippen LogP contribution in [-0.4, -0.2) is 53.2 Å². The number of anilines is 1. The normalized spacial score (nSPS) is 20.1. The molecule has 5 nitrogen and oxygen atoms in total. The van der Waals surface area contributed by atoms with E-state index in [1.807, 2.05) is 6.20 Å². The number of hydrogen-bond donors (Lipinski definition) is 0. The third kappa shape index (κ3) is 4.34. The Morgan fingerprint density at radius 3 is 2.93 bits per heavy atom. The van der Waals surface area contributed by atoms with E-state index in [-0.39, 0.29) is 0 Å². The molecule has 1 atom stereocenters. The highest BCUT2D eigenvalue weighted by molar-refractivity contribution is 5.43. The minimum atomic E-state index is 0.505. The van der Waals surface area contributed by atoms with Crippen molar-refractivity contribution in [3.05, 3.63) is 41.6 Å². The Balaban J connectivity index is 1.45. The predicted octanol–water partition coefficient (Wildman–Crippen LogP) is 3.49. The smallest absolute Gasteiger partial charge is 0.128 e. The van der Waals surface area contributed by atoms with Gasteiger partial charge in [-0.1, -0.05) is 6.07 Å². The molecule has 1 aliphatic heterocycles. The summed E-state index contributed by atoms with van der Waals surface area (Å²) in [5, 5.41) is 0. The molecule has 2 aromatic rings. The van der Waals surface area contributed by atoms with Gasteiger partial charge in [0.05, 0.1) is 0 Å². The minimum absolute atomic E-state index is 0.505. The number of pyridine rings is 1. The Morgan fingerprint density at radius 2 is 2.04 bits per heavy atom. The maximum absolute atomic E-state index is 5.04. The lowest BCUT2D eigenvalue weighted by atomic mass is 9.95. The highest BCUT2D eigenvalue weighted by Crippen LogP contribution is 2.30. The molecule has 1 saturated heterocycles. The molecule has 0 unspecified atom stereocenters. The summed E-state index contributed by atoms with van der Waals surface area (Å²) in [5.74, 6) is 2.94. The van der Waals surface area contributed by atoms with Crippen molar-refractivity contribution in [1.29, 1.82) is 0 Å². The summed E-state index contributed by atoms with van der Waals surface area (Å²) >= 11 is 0. The van der Waals surface area contributed by atoms with Crippen molar-refractivity contribution in [3.8, 4) is 0 Å². The molecule has 0 N–H and O–H groups in total. The number of rotatable bonds is 6. The van der Waals surface area contributed by atoms with Crippen molar-refractivity contribution in [3.63, 3.8) is 0 Å². The van der Waals surface area contributed by atoms with Crippen LogP contribution in [0, 0.1) is 0 Å². The van der Waals surface area contributed by atoms with Crippen LogP contribution < -0.4 is 4.90 Å². The first kappa shape index (κ1) is 18.5. The van der Waals surface area contributed by atoms with Crippen LogP contribution in [0.25, 0.3) is 0 Å². The molecule has 0 bridgehead atoms. The number of aryl methyl sites for hydroxylation is 3. The zero-order valence-electron chi connectivity index (χ0n) is 16.9. The van der Waals surface area contributed by atoms with E-state index in [9.17, 15) is 0 Å². The van der Waals surface area contributed by atoms with Crippen molar-refractivity contribution < 1.29 is 0 Å². The van der Waals surface area contributed by atoms with E-state index >= 15 is 0 Å². The van der Waals surface area contributed by atoms with Crippen LogP contribution in [0.3, 0.4) is 0 Å². The van der Waals surface area contributed by atoms with E-state index in [1.54, 1.807) is 0 Å². The molecule has 3 heterocycles. The van der Waals surface area contributed by atoms with Gasteiger partial charge in [-0.2, -0.15) is 0 Å². The zero-order chi connectivity index (χ0) is 18.6. The molecule has 0 amide bonds. The van der Waals surface area contributed by atoms with Gasteiger partial charge in [0.1, 0.15) is 11.6 Å². The van der Waals surface area contributed by atoms with Gasteiger partial charge in [0.2, 0.25) is 0 Å². The lowest BCUT2D eigenvalue weighted by molar-refractivity contribution is 0.380.